The maximum absolute atomic E-state index is 12.6. The zero-order chi connectivity index (χ0) is 24.0. The zero-order valence-corrected chi connectivity index (χ0v) is 19.5. The van der Waals surface area contributed by atoms with E-state index in [1.165, 1.54) is 37.3 Å². The van der Waals surface area contributed by atoms with Crippen LogP contribution in [-0.2, 0) is 27.2 Å². The van der Waals surface area contributed by atoms with Gasteiger partial charge in [-0.05, 0) is 35.9 Å². The Kier molecular flexibility index (Phi) is 7.78. The van der Waals surface area contributed by atoms with Gasteiger partial charge in [0, 0.05) is 37.6 Å². The molecule has 9 heteroatoms. The molecule has 0 amide bonds. The third kappa shape index (κ3) is 6.39. The van der Waals surface area contributed by atoms with E-state index in [0.29, 0.717) is 22.8 Å². The van der Waals surface area contributed by atoms with Crippen LogP contribution in [0, 0.1) is 0 Å². The summed E-state index contributed by atoms with van der Waals surface area (Å²) >= 11 is 1.43. The fraction of sp³-hybridized carbons (Fsp3) is 0.250. The second-order valence-electron chi connectivity index (χ2n) is 7.07. The molecule has 0 spiro atoms. The number of thiazole rings is 1. The highest BCUT2D eigenvalue weighted by molar-refractivity contribution is 7.13. The van der Waals surface area contributed by atoms with Gasteiger partial charge in [0.15, 0.2) is 23.0 Å². The summed E-state index contributed by atoms with van der Waals surface area (Å²) in [6.07, 6.45) is 0.260. The number of benzene rings is 2. The second-order valence-corrected chi connectivity index (χ2v) is 7.93. The number of carbonyl (C=O) groups excluding carboxylic acids is 3. The number of hydrogen-bond donors (Lipinski definition) is 0. The Morgan fingerprint density at radius 2 is 1.48 bits per heavy atom. The van der Waals surface area contributed by atoms with Crippen LogP contribution in [0.1, 0.15) is 25.1 Å². The number of carbonyl (C=O) groups is 3. The van der Waals surface area contributed by atoms with E-state index in [1.807, 2.05) is 17.5 Å². The lowest BCUT2D eigenvalue weighted by atomic mass is 10.1. The summed E-state index contributed by atoms with van der Waals surface area (Å²) in [4.78, 5) is 39.8. The van der Waals surface area contributed by atoms with Gasteiger partial charge in [0.25, 0.3) is 0 Å². The smallest absolute Gasteiger partial charge is 0.308 e. The standard InChI is InChI=1S/C24H23NO7S/c1-14(26)31-21-7-5-16(10-23(21)32-15(2)27)9-19(28)12-18-13-33-24(25-18)17-6-8-20(29-3)22(11-17)30-4/h5-8,10-11,13H,9,12H2,1-4H3. The number of methoxy groups -OCH3 is 2. The summed E-state index contributed by atoms with van der Waals surface area (Å²) in [6, 6.07) is 10.2. The molecule has 0 unspecified atom stereocenters. The quantitative estimate of drug-likeness (QED) is 0.342. The van der Waals surface area contributed by atoms with E-state index < -0.39 is 11.9 Å². The molecule has 0 radical (unpaired) electrons. The number of ketones is 1. The molecule has 0 aliphatic carbocycles. The average Bonchev–Trinajstić information content (AvgIpc) is 3.22. The monoisotopic (exact) mass is 469 g/mol. The topological polar surface area (TPSA) is 101 Å². The summed E-state index contributed by atoms with van der Waals surface area (Å²) in [5.41, 5.74) is 2.15. The number of nitrogens with zero attached hydrogens (tertiary/aromatic N) is 1. The Balaban J connectivity index is 1.71. The van der Waals surface area contributed by atoms with Gasteiger partial charge in [0.05, 0.1) is 19.9 Å². The predicted octanol–water partition coefficient (Wildman–Crippen LogP) is 4.03. The van der Waals surface area contributed by atoms with Crippen molar-refractivity contribution in [2.45, 2.75) is 26.7 Å². The van der Waals surface area contributed by atoms with Gasteiger partial charge in [-0.1, -0.05) is 6.07 Å². The average molecular weight is 470 g/mol. The highest BCUT2D eigenvalue weighted by Crippen LogP contribution is 2.34. The van der Waals surface area contributed by atoms with Crippen LogP contribution in [0.4, 0.5) is 0 Å². The minimum Gasteiger partial charge on any atom is -0.493 e. The van der Waals surface area contributed by atoms with Crippen molar-refractivity contribution in [3.05, 3.63) is 53.0 Å². The highest BCUT2D eigenvalue weighted by Gasteiger charge is 2.15. The molecule has 172 valence electrons. The number of Topliss-reactive ketones (excluding diaryl/α,β-unsaturated/α-hetero) is 1. The van der Waals surface area contributed by atoms with Gasteiger partial charge in [0.1, 0.15) is 10.8 Å². The van der Waals surface area contributed by atoms with Crippen LogP contribution in [0.25, 0.3) is 10.6 Å². The van der Waals surface area contributed by atoms with Crippen molar-refractivity contribution in [1.29, 1.82) is 0 Å². The summed E-state index contributed by atoms with van der Waals surface area (Å²) in [5, 5.41) is 2.61. The number of aromatic nitrogens is 1. The van der Waals surface area contributed by atoms with Gasteiger partial charge in [-0.2, -0.15) is 0 Å². The van der Waals surface area contributed by atoms with Gasteiger partial charge in [-0.25, -0.2) is 4.98 Å². The minimum absolute atomic E-state index is 0.0619. The zero-order valence-electron chi connectivity index (χ0n) is 18.7. The molecule has 3 aromatic rings. The maximum atomic E-state index is 12.6. The molecule has 1 heterocycles. The number of hydrogen-bond acceptors (Lipinski definition) is 9. The molecule has 0 fully saturated rings. The minimum atomic E-state index is -0.558. The van der Waals surface area contributed by atoms with Crippen LogP contribution in [0.15, 0.2) is 41.8 Å². The second kappa shape index (κ2) is 10.7. The van der Waals surface area contributed by atoms with Crippen molar-refractivity contribution in [2.24, 2.45) is 0 Å². The summed E-state index contributed by atoms with van der Waals surface area (Å²) in [7, 11) is 3.14. The molecule has 0 atom stereocenters. The predicted molar refractivity (Wildman–Crippen MR) is 122 cm³/mol. The fourth-order valence-electron chi connectivity index (χ4n) is 3.12. The summed E-state index contributed by atoms with van der Waals surface area (Å²) < 4.78 is 20.8. The van der Waals surface area contributed by atoms with Crippen molar-refractivity contribution >= 4 is 29.1 Å². The van der Waals surface area contributed by atoms with E-state index in [4.69, 9.17) is 18.9 Å². The molecule has 8 nitrogen and oxygen atoms in total. The Morgan fingerprint density at radius 1 is 0.818 bits per heavy atom. The number of rotatable bonds is 9. The SMILES string of the molecule is COc1ccc(-c2nc(CC(=O)Cc3ccc(OC(C)=O)c(OC(C)=O)c3)cs2)cc1OC. The normalized spacial score (nSPS) is 10.4. The van der Waals surface area contributed by atoms with Crippen molar-refractivity contribution in [1.82, 2.24) is 4.98 Å². The van der Waals surface area contributed by atoms with Crippen LogP contribution in [0.3, 0.4) is 0 Å². The molecule has 0 aliphatic heterocycles. The Morgan fingerprint density at radius 3 is 2.15 bits per heavy atom. The summed E-state index contributed by atoms with van der Waals surface area (Å²) in [5.74, 6) is 0.274. The Hall–Kier alpha value is -3.72. The number of ether oxygens (including phenoxy) is 4. The molecule has 0 N–H and O–H groups in total. The van der Waals surface area contributed by atoms with Crippen LogP contribution in [-0.4, -0.2) is 36.9 Å². The molecule has 0 bridgehead atoms. The number of esters is 2. The van der Waals surface area contributed by atoms with Gasteiger partial charge < -0.3 is 18.9 Å². The van der Waals surface area contributed by atoms with E-state index in [-0.39, 0.29) is 30.1 Å². The van der Waals surface area contributed by atoms with Crippen molar-refractivity contribution < 1.29 is 33.3 Å². The molecule has 1 aromatic heterocycles. The summed E-state index contributed by atoms with van der Waals surface area (Å²) in [6.45, 7) is 2.49. The highest BCUT2D eigenvalue weighted by atomic mass is 32.1. The third-order valence-electron chi connectivity index (χ3n) is 4.48. The van der Waals surface area contributed by atoms with Crippen LogP contribution < -0.4 is 18.9 Å². The van der Waals surface area contributed by atoms with Gasteiger partial charge >= 0.3 is 11.9 Å². The third-order valence-corrected chi connectivity index (χ3v) is 5.42. The van der Waals surface area contributed by atoms with Gasteiger partial charge in [-0.3, -0.25) is 14.4 Å². The van der Waals surface area contributed by atoms with Crippen LogP contribution in [0.2, 0.25) is 0 Å². The first-order valence-electron chi connectivity index (χ1n) is 9.97. The molecule has 3 rings (SSSR count). The van der Waals surface area contributed by atoms with E-state index in [0.717, 1.165) is 10.6 Å². The molecule has 0 saturated carbocycles. The molecule has 0 aliphatic rings. The molecule has 0 saturated heterocycles. The first-order chi connectivity index (χ1) is 15.8. The molecule has 33 heavy (non-hydrogen) atoms. The lowest BCUT2D eigenvalue weighted by Gasteiger charge is -2.10. The van der Waals surface area contributed by atoms with E-state index in [1.54, 1.807) is 26.4 Å². The van der Waals surface area contributed by atoms with Crippen molar-refractivity contribution in [3.63, 3.8) is 0 Å². The fourth-order valence-corrected chi connectivity index (χ4v) is 3.94. The largest absolute Gasteiger partial charge is 0.493 e. The van der Waals surface area contributed by atoms with E-state index in [9.17, 15) is 14.4 Å². The molecular weight excluding hydrogens is 446 g/mol. The van der Waals surface area contributed by atoms with Crippen molar-refractivity contribution in [2.75, 3.05) is 14.2 Å². The van der Waals surface area contributed by atoms with Gasteiger partial charge in [-0.15, -0.1) is 11.3 Å². The lowest BCUT2D eigenvalue weighted by molar-refractivity contribution is -0.134. The maximum Gasteiger partial charge on any atom is 0.308 e. The first-order valence-corrected chi connectivity index (χ1v) is 10.8. The van der Waals surface area contributed by atoms with E-state index in [2.05, 4.69) is 4.98 Å². The Bertz CT molecular complexity index is 1190. The van der Waals surface area contributed by atoms with Crippen molar-refractivity contribution in [3.8, 4) is 33.6 Å². The van der Waals surface area contributed by atoms with Gasteiger partial charge in [0.2, 0.25) is 0 Å². The van der Waals surface area contributed by atoms with Crippen LogP contribution >= 0.6 is 11.3 Å². The van der Waals surface area contributed by atoms with Crippen LogP contribution in [0.5, 0.6) is 23.0 Å². The first kappa shape index (κ1) is 23.9. The van der Waals surface area contributed by atoms with E-state index >= 15 is 0 Å². The Labute approximate surface area is 195 Å². The lowest BCUT2D eigenvalue weighted by Crippen LogP contribution is -2.10. The molecular formula is C24H23NO7S. The molecule has 2 aromatic carbocycles.